The van der Waals surface area contributed by atoms with Crippen molar-refractivity contribution in [2.75, 3.05) is 55.3 Å². The predicted molar refractivity (Wildman–Crippen MR) is 162 cm³/mol. The summed E-state index contributed by atoms with van der Waals surface area (Å²) in [5.41, 5.74) is 4.73. The smallest absolute Gasteiger partial charge is 0.241 e. The summed E-state index contributed by atoms with van der Waals surface area (Å²) < 4.78 is 35.8. The standard InChI is InChI=1S/C33H42N2O8/c1-10-12-42-16-23-24-19(29(39-7)18(4)31(41-9)32(24)43-13-11-2)14-21-26-25-20(15-22(34(26)5)33(37)35(21)23)28(38-6)17(3)30(40-8)27(25)36/h10-11,21-23,26,36H,1-2,12-16H2,3-9H3/t21-,22-,23-,26-/m0/s1. The first-order valence-electron chi connectivity index (χ1n) is 14.4. The van der Waals surface area contributed by atoms with Crippen LogP contribution in [0, 0.1) is 13.8 Å². The molecule has 5 rings (SSSR count). The molecule has 3 aliphatic rings. The second kappa shape index (κ2) is 12.0. The zero-order valence-corrected chi connectivity index (χ0v) is 26.1. The van der Waals surface area contributed by atoms with Gasteiger partial charge in [-0.25, -0.2) is 0 Å². The largest absolute Gasteiger partial charge is 0.504 e. The number of benzene rings is 2. The topological polar surface area (TPSA) is 99.2 Å². The number of rotatable bonds is 11. The van der Waals surface area contributed by atoms with E-state index in [1.165, 1.54) is 7.11 Å². The summed E-state index contributed by atoms with van der Waals surface area (Å²) in [5.74, 6) is 2.79. The minimum atomic E-state index is -0.527. The summed E-state index contributed by atoms with van der Waals surface area (Å²) in [6.07, 6.45) is 4.17. The van der Waals surface area contributed by atoms with E-state index in [2.05, 4.69) is 18.1 Å². The van der Waals surface area contributed by atoms with E-state index in [0.29, 0.717) is 59.3 Å². The third-order valence-electron chi connectivity index (χ3n) is 9.12. The number of methoxy groups -OCH3 is 4. The molecular weight excluding hydrogens is 552 g/mol. The van der Waals surface area contributed by atoms with Crippen LogP contribution in [0.2, 0.25) is 0 Å². The average molecular weight is 595 g/mol. The summed E-state index contributed by atoms with van der Waals surface area (Å²) >= 11 is 0. The van der Waals surface area contributed by atoms with Crippen LogP contribution in [0.1, 0.15) is 45.5 Å². The molecule has 0 spiro atoms. The van der Waals surface area contributed by atoms with Gasteiger partial charge >= 0.3 is 0 Å². The first-order chi connectivity index (χ1) is 20.7. The molecule has 4 atom stereocenters. The lowest BCUT2D eigenvalue weighted by atomic mass is 9.73. The fraction of sp³-hybridized carbons (Fsp3) is 0.485. The number of likely N-dealkylation sites (N-methyl/N-ethyl adjacent to an activating group) is 1. The normalized spacial score (nSPS) is 22.2. The quantitative estimate of drug-likeness (QED) is 0.303. The highest BCUT2D eigenvalue weighted by atomic mass is 16.5. The Morgan fingerprint density at radius 2 is 1.42 bits per heavy atom. The zero-order chi connectivity index (χ0) is 31.2. The number of phenolic OH excluding ortho intramolecular Hbond substituents is 1. The Hall–Kier alpha value is -3.89. The third kappa shape index (κ3) is 4.50. The minimum Gasteiger partial charge on any atom is -0.504 e. The van der Waals surface area contributed by atoms with Crippen LogP contribution < -0.4 is 23.7 Å². The molecule has 1 saturated heterocycles. The van der Waals surface area contributed by atoms with Gasteiger partial charge in [-0.05, 0) is 27.3 Å². The number of carbonyl (C=O) groups is 1. The number of nitrogens with zero attached hydrogens (tertiary/aromatic N) is 2. The van der Waals surface area contributed by atoms with Gasteiger partial charge in [0.25, 0.3) is 0 Å². The summed E-state index contributed by atoms with van der Waals surface area (Å²) in [6, 6.07) is -1.75. The van der Waals surface area contributed by atoms with E-state index in [1.54, 1.807) is 33.5 Å². The highest BCUT2D eigenvalue weighted by Gasteiger charge is 2.56. The summed E-state index contributed by atoms with van der Waals surface area (Å²) in [6.45, 7) is 12.2. The molecule has 0 radical (unpaired) electrons. The van der Waals surface area contributed by atoms with E-state index >= 15 is 0 Å². The fourth-order valence-corrected chi connectivity index (χ4v) is 7.50. The van der Waals surface area contributed by atoms with Crippen LogP contribution in [-0.2, 0) is 22.4 Å². The molecule has 3 aliphatic heterocycles. The number of phenols is 1. The molecule has 0 saturated carbocycles. The van der Waals surface area contributed by atoms with Crippen molar-refractivity contribution in [3.63, 3.8) is 0 Å². The van der Waals surface area contributed by atoms with Crippen LogP contribution in [0.3, 0.4) is 0 Å². The number of aromatic hydroxyl groups is 1. The van der Waals surface area contributed by atoms with Gasteiger partial charge in [0.2, 0.25) is 5.91 Å². The van der Waals surface area contributed by atoms with Crippen molar-refractivity contribution in [2.45, 2.75) is 50.9 Å². The molecule has 1 amide bonds. The van der Waals surface area contributed by atoms with E-state index < -0.39 is 12.1 Å². The molecule has 10 nitrogen and oxygen atoms in total. The molecule has 1 fully saturated rings. The monoisotopic (exact) mass is 594 g/mol. The van der Waals surface area contributed by atoms with E-state index in [-0.39, 0.29) is 37.0 Å². The molecule has 2 bridgehead atoms. The average Bonchev–Trinajstić information content (AvgIpc) is 2.99. The fourth-order valence-electron chi connectivity index (χ4n) is 7.50. The molecule has 0 unspecified atom stereocenters. The number of hydrogen-bond acceptors (Lipinski definition) is 9. The molecule has 10 heteroatoms. The van der Waals surface area contributed by atoms with Gasteiger partial charge in [0.15, 0.2) is 23.0 Å². The summed E-state index contributed by atoms with van der Waals surface area (Å²) in [4.78, 5) is 18.6. The number of piperazine rings is 1. The molecule has 2 aromatic carbocycles. The minimum absolute atomic E-state index is 0.0320. The molecular formula is C33H42N2O8. The van der Waals surface area contributed by atoms with Crippen LogP contribution in [0.25, 0.3) is 0 Å². The molecule has 0 aliphatic carbocycles. The Balaban J connectivity index is 1.81. The highest BCUT2D eigenvalue weighted by molar-refractivity contribution is 5.87. The van der Waals surface area contributed by atoms with Crippen molar-refractivity contribution in [2.24, 2.45) is 0 Å². The lowest BCUT2D eigenvalue weighted by Crippen LogP contribution is -2.67. The van der Waals surface area contributed by atoms with E-state index in [9.17, 15) is 9.90 Å². The van der Waals surface area contributed by atoms with Crippen molar-refractivity contribution in [1.82, 2.24) is 9.80 Å². The number of hydrogen-bond donors (Lipinski definition) is 1. The number of carbonyl (C=O) groups excluding carboxylic acids is 1. The van der Waals surface area contributed by atoms with Gasteiger partial charge in [-0.1, -0.05) is 18.7 Å². The molecule has 3 heterocycles. The summed E-state index contributed by atoms with van der Waals surface area (Å²) in [7, 11) is 8.32. The van der Waals surface area contributed by atoms with Gasteiger partial charge in [0.1, 0.15) is 18.1 Å². The van der Waals surface area contributed by atoms with Gasteiger partial charge < -0.3 is 38.4 Å². The maximum atomic E-state index is 14.6. The number of fused-ring (bicyclic) bond motifs is 7. The molecule has 1 N–H and O–H groups in total. The molecule has 43 heavy (non-hydrogen) atoms. The Morgan fingerprint density at radius 3 is 2.00 bits per heavy atom. The lowest BCUT2D eigenvalue weighted by Gasteiger charge is -2.57. The Morgan fingerprint density at radius 1 is 0.837 bits per heavy atom. The van der Waals surface area contributed by atoms with Crippen molar-refractivity contribution in [3.8, 4) is 34.5 Å². The van der Waals surface area contributed by atoms with Crippen LogP contribution in [0.5, 0.6) is 34.5 Å². The van der Waals surface area contributed by atoms with Gasteiger partial charge in [-0.2, -0.15) is 0 Å². The van der Waals surface area contributed by atoms with Gasteiger partial charge in [0.05, 0.1) is 65.8 Å². The SMILES string of the molecule is C=CCOC[C@H]1c2c(c(OC)c(C)c(OC)c2OCC=C)C[C@H]2[C@H]3c4c(O)c(OC)c(C)c(OC)c4C[C@@H](C(=O)N12)N3C. The Kier molecular flexibility index (Phi) is 8.54. The van der Waals surface area contributed by atoms with E-state index in [0.717, 1.165) is 22.3 Å². The Labute approximate surface area is 253 Å². The lowest BCUT2D eigenvalue weighted by molar-refractivity contribution is -0.159. The van der Waals surface area contributed by atoms with Crippen LogP contribution >= 0.6 is 0 Å². The first-order valence-corrected chi connectivity index (χ1v) is 14.4. The van der Waals surface area contributed by atoms with Gasteiger partial charge in [-0.15, -0.1) is 6.58 Å². The third-order valence-corrected chi connectivity index (χ3v) is 9.12. The van der Waals surface area contributed by atoms with Gasteiger partial charge in [-0.3, -0.25) is 9.69 Å². The first kappa shape index (κ1) is 30.6. The summed E-state index contributed by atoms with van der Waals surface area (Å²) in [5, 5.41) is 11.7. The molecule has 0 aromatic heterocycles. The van der Waals surface area contributed by atoms with E-state index in [1.807, 2.05) is 25.8 Å². The van der Waals surface area contributed by atoms with Crippen LogP contribution in [0.15, 0.2) is 25.3 Å². The van der Waals surface area contributed by atoms with Gasteiger partial charge in [0, 0.05) is 39.8 Å². The van der Waals surface area contributed by atoms with Crippen LogP contribution in [-0.4, -0.2) is 88.2 Å². The van der Waals surface area contributed by atoms with Crippen molar-refractivity contribution < 1.29 is 38.3 Å². The van der Waals surface area contributed by atoms with Crippen molar-refractivity contribution >= 4 is 5.91 Å². The second-order valence-electron chi connectivity index (χ2n) is 11.1. The maximum absolute atomic E-state index is 14.6. The number of amides is 1. The van der Waals surface area contributed by atoms with Crippen molar-refractivity contribution in [3.05, 3.63) is 58.7 Å². The molecule has 2 aromatic rings. The van der Waals surface area contributed by atoms with Crippen LogP contribution in [0.4, 0.5) is 0 Å². The predicted octanol–water partition coefficient (Wildman–Crippen LogP) is 4.22. The zero-order valence-electron chi connectivity index (χ0n) is 26.1. The number of ether oxygens (including phenoxy) is 6. The highest BCUT2D eigenvalue weighted by Crippen LogP contribution is 2.58. The van der Waals surface area contributed by atoms with Crippen molar-refractivity contribution in [1.29, 1.82) is 0 Å². The molecule has 232 valence electrons. The van der Waals surface area contributed by atoms with E-state index in [4.69, 9.17) is 28.4 Å². The second-order valence-corrected chi connectivity index (χ2v) is 11.1. The maximum Gasteiger partial charge on any atom is 0.241 e. The Bertz CT molecular complexity index is 1450.